The Hall–Kier alpha value is -2.18. The van der Waals surface area contributed by atoms with Crippen molar-refractivity contribution in [2.75, 3.05) is 11.9 Å². The van der Waals surface area contributed by atoms with Gasteiger partial charge >= 0.3 is 0 Å². The molecule has 2 aromatic rings. The lowest BCUT2D eigenvalue weighted by molar-refractivity contribution is -0.122. The standard InChI is InChI=1S/C19H23ClN4O2/c1-3-21-19-22-10-14(11-23-19)18-9-16(24-12(2)25)8-17(26-18)13-4-6-15(20)7-5-13/h4-7,10-11,16-18H,3,8-9H2,1-2H3,(H,24,25)(H,21,22,23)/t16-,17-,18+/m1/s1. The van der Waals surface area contributed by atoms with Gasteiger partial charge in [0.15, 0.2) is 0 Å². The van der Waals surface area contributed by atoms with Gasteiger partial charge in [-0.1, -0.05) is 23.7 Å². The third-order valence-corrected chi connectivity index (χ3v) is 4.61. The molecule has 1 saturated heterocycles. The lowest BCUT2D eigenvalue weighted by Crippen LogP contribution is -2.39. The fourth-order valence-corrected chi connectivity index (χ4v) is 3.31. The highest BCUT2D eigenvalue weighted by Gasteiger charge is 2.32. The third kappa shape index (κ3) is 4.71. The summed E-state index contributed by atoms with van der Waals surface area (Å²) < 4.78 is 6.32. The van der Waals surface area contributed by atoms with Gasteiger partial charge in [-0.3, -0.25) is 4.79 Å². The monoisotopic (exact) mass is 374 g/mol. The van der Waals surface area contributed by atoms with E-state index in [-0.39, 0.29) is 24.2 Å². The molecular formula is C19H23ClN4O2. The van der Waals surface area contributed by atoms with Gasteiger partial charge in [0.1, 0.15) is 0 Å². The number of benzene rings is 1. The molecule has 1 aromatic carbocycles. The smallest absolute Gasteiger partial charge is 0.222 e. The predicted octanol–water partition coefficient (Wildman–Crippen LogP) is 3.66. The Kier molecular flexibility index (Phi) is 6.06. The average Bonchev–Trinajstić information content (AvgIpc) is 2.62. The largest absolute Gasteiger partial charge is 0.365 e. The van der Waals surface area contributed by atoms with Crippen LogP contribution in [-0.2, 0) is 9.53 Å². The molecule has 0 unspecified atom stereocenters. The second-order valence-electron chi connectivity index (χ2n) is 6.40. The number of nitrogens with one attached hydrogen (secondary N) is 2. The maximum atomic E-state index is 11.6. The van der Waals surface area contributed by atoms with Crippen LogP contribution in [0.4, 0.5) is 5.95 Å². The Morgan fingerprint density at radius 2 is 1.77 bits per heavy atom. The van der Waals surface area contributed by atoms with E-state index >= 15 is 0 Å². The van der Waals surface area contributed by atoms with Crippen molar-refractivity contribution >= 4 is 23.5 Å². The molecule has 26 heavy (non-hydrogen) atoms. The van der Waals surface area contributed by atoms with E-state index in [1.165, 1.54) is 6.92 Å². The molecule has 0 aliphatic carbocycles. The van der Waals surface area contributed by atoms with Crippen LogP contribution >= 0.6 is 11.6 Å². The topological polar surface area (TPSA) is 76.1 Å². The number of halogens is 1. The van der Waals surface area contributed by atoms with Crippen molar-refractivity contribution in [1.82, 2.24) is 15.3 Å². The summed E-state index contributed by atoms with van der Waals surface area (Å²) in [5.74, 6) is 0.559. The van der Waals surface area contributed by atoms with Gasteiger partial charge in [-0.2, -0.15) is 0 Å². The Morgan fingerprint density at radius 1 is 1.15 bits per heavy atom. The lowest BCUT2D eigenvalue weighted by Gasteiger charge is -2.36. The summed E-state index contributed by atoms with van der Waals surface area (Å²) in [5.41, 5.74) is 1.94. The molecule has 3 atom stereocenters. The van der Waals surface area contributed by atoms with E-state index in [4.69, 9.17) is 16.3 Å². The molecule has 2 N–H and O–H groups in total. The van der Waals surface area contributed by atoms with E-state index in [1.807, 2.05) is 31.2 Å². The van der Waals surface area contributed by atoms with Crippen LogP contribution in [0.25, 0.3) is 0 Å². The van der Waals surface area contributed by atoms with E-state index in [2.05, 4.69) is 20.6 Å². The number of hydrogen-bond acceptors (Lipinski definition) is 5. The molecule has 1 aliphatic rings. The number of anilines is 1. The number of amides is 1. The van der Waals surface area contributed by atoms with Gasteiger partial charge in [0.2, 0.25) is 11.9 Å². The summed E-state index contributed by atoms with van der Waals surface area (Å²) >= 11 is 5.99. The van der Waals surface area contributed by atoms with Gasteiger partial charge in [0.25, 0.3) is 0 Å². The number of nitrogens with zero attached hydrogens (tertiary/aromatic N) is 2. The van der Waals surface area contributed by atoms with Crippen molar-refractivity contribution in [3.63, 3.8) is 0 Å². The van der Waals surface area contributed by atoms with Crippen LogP contribution in [0.5, 0.6) is 0 Å². The van der Waals surface area contributed by atoms with Crippen molar-refractivity contribution in [3.05, 3.63) is 52.8 Å². The second kappa shape index (κ2) is 8.47. The highest BCUT2D eigenvalue weighted by Crippen LogP contribution is 2.38. The number of ether oxygens (including phenoxy) is 1. The Balaban J connectivity index is 1.81. The van der Waals surface area contributed by atoms with Gasteiger partial charge in [-0.05, 0) is 37.5 Å². The molecule has 3 rings (SSSR count). The normalized spacial score (nSPS) is 22.7. The van der Waals surface area contributed by atoms with Gasteiger partial charge < -0.3 is 15.4 Å². The Morgan fingerprint density at radius 3 is 2.35 bits per heavy atom. The first kappa shape index (κ1) is 18.6. The van der Waals surface area contributed by atoms with Crippen molar-refractivity contribution in [1.29, 1.82) is 0 Å². The maximum Gasteiger partial charge on any atom is 0.222 e. The van der Waals surface area contributed by atoms with Crippen LogP contribution in [0, 0.1) is 0 Å². The lowest BCUT2D eigenvalue weighted by atomic mass is 9.92. The number of hydrogen-bond donors (Lipinski definition) is 2. The summed E-state index contributed by atoms with van der Waals surface area (Å²) in [4.78, 5) is 20.2. The quantitative estimate of drug-likeness (QED) is 0.835. The number of rotatable bonds is 5. The van der Waals surface area contributed by atoms with E-state index in [1.54, 1.807) is 12.4 Å². The summed E-state index contributed by atoms with van der Waals surface area (Å²) in [6, 6.07) is 7.66. The molecule has 1 aliphatic heterocycles. The zero-order valence-electron chi connectivity index (χ0n) is 14.9. The summed E-state index contributed by atoms with van der Waals surface area (Å²) in [6.45, 7) is 4.30. The van der Waals surface area contributed by atoms with Crippen molar-refractivity contribution in [2.45, 2.75) is 44.9 Å². The van der Waals surface area contributed by atoms with Crippen molar-refractivity contribution in [3.8, 4) is 0 Å². The van der Waals surface area contributed by atoms with Crippen LogP contribution in [0.15, 0.2) is 36.7 Å². The molecule has 6 nitrogen and oxygen atoms in total. The molecule has 1 aromatic heterocycles. The molecule has 0 radical (unpaired) electrons. The predicted molar refractivity (Wildman–Crippen MR) is 101 cm³/mol. The van der Waals surface area contributed by atoms with Crippen LogP contribution in [-0.4, -0.2) is 28.5 Å². The summed E-state index contributed by atoms with van der Waals surface area (Å²) in [6.07, 6.45) is 4.66. The van der Waals surface area contributed by atoms with Crippen LogP contribution in [0.3, 0.4) is 0 Å². The fourth-order valence-electron chi connectivity index (χ4n) is 3.19. The minimum absolute atomic E-state index is 0.0281. The molecule has 138 valence electrons. The molecule has 1 fully saturated rings. The first-order valence-corrected chi connectivity index (χ1v) is 9.16. The van der Waals surface area contributed by atoms with Crippen LogP contribution < -0.4 is 10.6 Å². The molecule has 0 saturated carbocycles. The van der Waals surface area contributed by atoms with Gasteiger partial charge in [0.05, 0.1) is 12.2 Å². The van der Waals surface area contributed by atoms with E-state index in [0.29, 0.717) is 23.8 Å². The van der Waals surface area contributed by atoms with E-state index in [0.717, 1.165) is 17.7 Å². The van der Waals surface area contributed by atoms with Gasteiger partial charge in [-0.15, -0.1) is 0 Å². The minimum Gasteiger partial charge on any atom is -0.365 e. The molecule has 0 bridgehead atoms. The number of carbonyl (C=O) groups excluding carboxylic acids is 1. The Bertz CT molecular complexity index is 736. The second-order valence-corrected chi connectivity index (χ2v) is 6.84. The number of aromatic nitrogens is 2. The molecule has 1 amide bonds. The Labute approximate surface area is 158 Å². The van der Waals surface area contributed by atoms with E-state index in [9.17, 15) is 4.79 Å². The fraction of sp³-hybridized carbons (Fsp3) is 0.421. The SMILES string of the molecule is CCNc1ncc([C@@H]2C[C@H](NC(C)=O)C[C@H](c3ccc(Cl)cc3)O2)cn1. The number of carbonyl (C=O) groups is 1. The minimum atomic E-state index is -0.183. The highest BCUT2D eigenvalue weighted by molar-refractivity contribution is 6.30. The zero-order chi connectivity index (χ0) is 18.5. The molecule has 7 heteroatoms. The van der Waals surface area contributed by atoms with E-state index < -0.39 is 0 Å². The summed E-state index contributed by atoms with van der Waals surface area (Å²) in [5, 5.41) is 6.79. The maximum absolute atomic E-state index is 11.6. The third-order valence-electron chi connectivity index (χ3n) is 4.35. The van der Waals surface area contributed by atoms with Gasteiger partial charge in [-0.25, -0.2) is 9.97 Å². The average molecular weight is 375 g/mol. The van der Waals surface area contributed by atoms with Crippen LogP contribution in [0.2, 0.25) is 5.02 Å². The first-order valence-electron chi connectivity index (χ1n) is 8.79. The highest BCUT2D eigenvalue weighted by atomic mass is 35.5. The van der Waals surface area contributed by atoms with Gasteiger partial charge in [0, 0.05) is 42.5 Å². The summed E-state index contributed by atoms with van der Waals surface area (Å²) in [7, 11) is 0. The van der Waals surface area contributed by atoms with Crippen molar-refractivity contribution in [2.24, 2.45) is 0 Å². The molecule has 0 spiro atoms. The van der Waals surface area contributed by atoms with Crippen molar-refractivity contribution < 1.29 is 9.53 Å². The first-order chi connectivity index (χ1) is 12.5. The van der Waals surface area contributed by atoms with Crippen LogP contribution in [0.1, 0.15) is 50.0 Å². The zero-order valence-corrected chi connectivity index (χ0v) is 15.7. The molecular weight excluding hydrogens is 352 g/mol. The molecule has 2 heterocycles.